The minimum atomic E-state index is 0.122. The van der Waals surface area contributed by atoms with Crippen molar-refractivity contribution in [2.45, 2.75) is 13.1 Å². The van der Waals surface area contributed by atoms with Gasteiger partial charge in [-0.1, -0.05) is 30.3 Å². The highest BCUT2D eigenvalue weighted by Gasteiger charge is 2.23. The second kappa shape index (κ2) is 4.86. The van der Waals surface area contributed by atoms with E-state index < -0.39 is 0 Å². The zero-order chi connectivity index (χ0) is 13.2. The molecule has 0 spiro atoms. The van der Waals surface area contributed by atoms with E-state index in [9.17, 15) is 9.90 Å². The fraction of sp³-hybridized carbons (Fsp3) is 0.188. The highest BCUT2D eigenvalue weighted by Crippen LogP contribution is 2.24. The number of carbonyl (C=O) groups is 1. The van der Waals surface area contributed by atoms with Gasteiger partial charge in [-0.15, -0.1) is 0 Å². The summed E-state index contributed by atoms with van der Waals surface area (Å²) < 4.78 is 0. The predicted octanol–water partition coefficient (Wildman–Crippen LogP) is 2.59. The van der Waals surface area contributed by atoms with Gasteiger partial charge in [-0.2, -0.15) is 0 Å². The number of Topliss-reactive ketones (excluding diaryl/α,β-unsaturated/α-hetero) is 1. The number of aromatic hydroxyl groups is 1. The number of phenols is 1. The molecule has 0 bridgehead atoms. The number of hydrogen-bond donors (Lipinski definition) is 1. The zero-order valence-corrected chi connectivity index (χ0v) is 10.5. The highest BCUT2D eigenvalue weighted by molar-refractivity contribution is 6.00. The van der Waals surface area contributed by atoms with Gasteiger partial charge in [0.2, 0.25) is 0 Å². The molecule has 0 amide bonds. The average Bonchev–Trinajstić information content (AvgIpc) is 2.39. The summed E-state index contributed by atoms with van der Waals surface area (Å²) in [6, 6.07) is 15.1. The monoisotopic (exact) mass is 253 g/mol. The minimum Gasteiger partial charge on any atom is -0.508 e. The van der Waals surface area contributed by atoms with E-state index in [2.05, 4.69) is 17.0 Å². The molecular weight excluding hydrogens is 238 g/mol. The Bertz CT molecular complexity index is 607. The third-order valence-corrected chi connectivity index (χ3v) is 3.40. The van der Waals surface area contributed by atoms with Crippen LogP contribution in [0.2, 0.25) is 0 Å². The molecule has 0 saturated carbocycles. The van der Waals surface area contributed by atoms with Crippen LogP contribution in [0.25, 0.3) is 0 Å². The zero-order valence-electron chi connectivity index (χ0n) is 10.5. The summed E-state index contributed by atoms with van der Waals surface area (Å²) in [7, 11) is 0. The normalized spacial score (nSPS) is 15.3. The van der Waals surface area contributed by atoms with E-state index >= 15 is 0 Å². The van der Waals surface area contributed by atoms with Crippen LogP contribution in [-0.2, 0) is 13.1 Å². The van der Waals surface area contributed by atoms with E-state index in [1.165, 1.54) is 5.56 Å². The summed E-state index contributed by atoms with van der Waals surface area (Å²) in [6.45, 7) is 1.89. The van der Waals surface area contributed by atoms with Gasteiger partial charge in [0, 0.05) is 18.7 Å². The lowest BCUT2D eigenvalue weighted by molar-refractivity contribution is 0.0894. The first kappa shape index (κ1) is 11.9. The van der Waals surface area contributed by atoms with Crippen LogP contribution < -0.4 is 0 Å². The van der Waals surface area contributed by atoms with Gasteiger partial charge in [0.05, 0.1) is 6.54 Å². The lowest BCUT2D eigenvalue weighted by Gasteiger charge is -2.27. The van der Waals surface area contributed by atoms with Crippen molar-refractivity contribution in [1.29, 1.82) is 0 Å². The van der Waals surface area contributed by atoms with Crippen LogP contribution in [0.15, 0.2) is 48.5 Å². The number of hydrogen-bond acceptors (Lipinski definition) is 3. The van der Waals surface area contributed by atoms with Crippen molar-refractivity contribution in [2.24, 2.45) is 0 Å². The fourth-order valence-corrected chi connectivity index (χ4v) is 2.52. The van der Waals surface area contributed by atoms with Crippen molar-refractivity contribution in [1.82, 2.24) is 4.90 Å². The third kappa shape index (κ3) is 2.51. The third-order valence-electron chi connectivity index (χ3n) is 3.40. The van der Waals surface area contributed by atoms with Crippen LogP contribution in [0.4, 0.5) is 0 Å². The highest BCUT2D eigenvalue weighted by atomic mass is 16.3. The molecule has 19 heavy (non-hydrogen) atoms. The Morgan fingerprint density at radius 2 is 1.84 bits per heavy atom. The van der Waals surface area contributed by atoms with Crippen LogP contribution in [0.5, 0.6) is 5.75 Å². The van der Waals surface area contributed by atoms with Gasteiger partial charge in [0.1, 0.15) is 5.75 Å². The molecule has 96 valence electrons. The minimum absolute atomic E-state index is 0.122. The maximum atomic E-state index is 12.1. The van der Waals surface area contributed by atoms with E-state index in [0.29, 0.717) is 13.1 Å². The largest absolute Gasteiger partial charge is 0.508 e. The van der Waals surface area contributed by atoms with Gasteiger partial charge >= 0.3 is 0 Å². The lowest BCUT2D eigenvalue weighted by atomic mass is 9.98. The molecule has 3 nitrogen and oxygen atoms in total. The van der Waals surface area contributed by atoms with Crippen molar-refractivity contribution in [2.75, 3.05) is 6.54 Å². The van der Waals surface area contributed by atoms with E-state index in [1.54, 1.807) is 18.2 Å². The molecule has 2 aromatic rings. The van der Waals surface area contributed by atoms with Gasteiger partial charge in [-0.25, -0.2) is 0 Å². The van der Waals surface area contributed by atoms with Crippen molar-refractivity contribution < 1.29 is 9.90 Å². The predicted molar refractivity (Wildman–Crippen MR) is 73.0 cm³/mol. The maximum absolute atomic E-state index is 12.1. The maximum Gasteiger partial charge on any atom is 0.177 e. The van der Waals surface area contributed by atoms with Crippen LogP contribution in [-0.4, -0.2) is 22.3 Å². The Hall–Kier alpha value is -2.13. The number of fused-ring (bicyclic) bond motifs is 1. The number of ketones is 1. The van der Waals surface area contributed by atoms with Crippen molar-refractivity contribution in [3.8, 4) is 5.75 Å². The molecule has 1 aliphatic rings. The number of rotatable bonds is 2. The van der Waals surface area contributed by atoms with Crippen LogP contribution in [0.1, 0.15) is 21.5 Å². The SMILES string of the molecule is O=C1CN(Cc2ccccc2)Cc2cc(O)ccc21. The summed E-state index contributed by atoms with van der Waals surface area (Å²) in [5.74, 6) is 0.338. The molecule has 1 N–H and O–H groups in total. The first-order chi connectivity index (χ1) is 9.22. The van der Waals surface area contributed by atoms with Crippen molar-refractivity contribution in [3.05, 3.63) is 65.2 Å². The molecule has 0 unspecified atom stereocenters. The van der Waals surface area contributed by atoms with Crippen molar-refractivity contribution in [3.63, 3.8) is 0 Å². The van der Waals surface area contributed by atoms with Gasteiger partial charge in [0.25, 0.3) is 0 Å². The van der Waals surface area contributed by atoms with E-state index in [-0.39, 0.29) is 11.5 Å². The first-order valence-corrected chi connectivity index (χ1v) is 6.34. The van der Waals surface area contributed by atoms with Crippen LogP contribution in [0.3, 0.4) is 0 Å². The molecule has 1 heterocycles. The molecule has 3 rings (SSSR count). The molecule has 2 aromatic carbocycles. The molecule has 0 fully saturated rings. The summed E-state index contributed by atoms with van der Waals surface area (Å²) in [5.41, 5.74) is 2.84. The molecule has 0 aliphatic carbocycles. The average molecular weight is 253 g/mol. The standard InChI is InChI=1S/C16H15NO2/c18-14-6-7-15-13(8-14)10-17(11-16(15)19)9-12-4-2-1-3-5-12/h1-8,18H,9-11H2. The Kier molecular flexibility index (Phi) is 3.05. The Labute approximate surface area is 112 Å². The quantitative estimate of drug-likeness (QED) is 0.894. The summed E-state index contributed by atoms with van der Waals surface area (Å²) in [5, 5.41) is 9.52. The number of benzene rings is 2. The topological polar surface area (TPSA) is 40.5 Å². The number of nitrogens with zero attached hydrogens (tertiary/aromatic N) is 1. The summed E-state index contributed by atoms with van der Waals surface area (Å²) in [6.07, 6.45) is 0. The molecule has 0 radical (unpaired) electrons. The summed E-state index contributed by atoms with van der Waals surface area (Å²) >= 11 is 0. The smallest absolute Gasteiger partial charge is 0.177 e. The molecule has 1 aliphatic heterocycles. The number of phenolic OH excluding ortho intramolecular Hbond substituents is 1. The second-order valence-corrected chi connectivity index (χ2v) is 4.90. The van der Waals surface area contributed by atoms with E-state index in [4.69, 9.17) is 0 Å². The van der Waals surface area contributed by atoms with Gasteiger partial charge in [-0.05, 0) is 29.3 Å². The van der Waals surface area contributed by atoms with Crippen LogP contribution >= 0.6 is 0 Å². The Morgan fingerprint density at radius 3 is 2.63 bits per heavy atom. The van der Waals surface area contributed by atoms with Crippen molar-refractivity contribution >= 4 is 5.78 Å². The molecule has 0 atom stereocenters. The Balaban J connectivity index is 1.83. The lowest BCUT2D eigenvalue weighted by Crippen LogP contribution is -2.34. The van der Waals surface area contributed by atoms with Crippen LogP contribution in [0, 0.1) is 0 Å². The van der Waals surface area contributed by atoms with Gasteiger partial charge in [0.15, 0.2) is 5.78 Å². The van der Waals surface area contributed by atoms with Gasteiger partial charge < -0.3 is 5.11 Å². The van der Waals surface area contributed by atoms with E-state index in [0.717, 1.165) is 17.7 Å². The molecule has 0 aromatic heterocycles. The van der Waals surface area contributed by atoms with E-state index in [1.807, 2.05) is 18.2 Å². The Morgan fingerprint density at radius 1 is 1.05 bits per heavy atom. The number of carbonyl (C=O) groups excluding carboxylic acids is 1. The second-order valence-electron chi connectivity index (χ2n) is 4.90. The molecule has 0 saturated heterocycles. The fourth-order valence-electron chi connectivity index (χ4n) is 2.52. The molecular formula is C16H15NO2. The molecule has 3 heteroatoms. The van der Waals surface area contributed by atoms with Gasteiger partial charge in [-0.3, -0.25) is 9.69 Å². The first-order valence-electron chi connectivity index (χ1n) is 6.34. The summed E-state index contributed by atoms with van der Waals surface area (Å²) in [4.78, 5) is 14.2.